The Morgan fingerprint density at radius 1 is 1.12 bits per heavy atom. The lowest BCUT2D eigenvalue weighted by Crippen LogP contribution is -2.51. The van der Waals surface area contributed by atoms with Gasteiger partial charge in [0.2, 0.25) is 11.5 Å². The molecule has 0 saturated carbocycles. The number of carbonyl (C=O) groups is 2. The fourth-order valence-electron chi connectivity index (χ4n) is 3.05. The van der Waals surface area contributed by atoms with Gasteiger partial charge < -0.3 is 14.8 Å². The maximum absolute atomic E-state index is 13.7. The average molecular weight is 357 g/mol. The van der Waals surface area contributed by atoms with Gasteiger partial charge >= 0.3 is 0 Å². The Bertz CT molecular complexity index is 886. The Labute approximate surface area is 150 Å². The topological polar surface area (TPSA) is 73.5 Å². The summed E-state index contributed by atoms with van der Waals surface area (Å²) in [7, 11) is 0. The standard InChI is InChI=1S/C19H20FN3O3/c1-13-10-17(24)21-12-15(13)19(26)23-8-6-22(7-9-23)18(25)11-14-4-2-3-5-16(14)20/h2-5,10,12H,6-9,11H2,1H3,(H,21,24). The SMILES string of the molecule is Cc1cc(=O)[nH]cc1C(=O)N1CCN(C(=O)Cc2ccccc2F)CC1. The second-order valence-corrected chi connectivity index (χ2v) is 6.34. The molecule has 0 bridgehead atoms. The number of aryl methyl sites for hydroxylation is 1. The van der Waals surface area contributed by atoms with Crippen LogP contribution in [0.15, 0.2) is 41.3 Å². The van der Waals surface area contributed by atoms with E-state index in [1.807, 2.05) is 0 Å². The minimum absolute atomic E-state index is 0.0135. The van der Waals surface area contributed by atoms with Crippen LogP contribution in [0.4, 0.5) is 4.39 Å². The number of carbonyl (C=O) groups excluding carboxylic acids is 2. The van der Waals surface area contributed by atoms with Gasteiger partial charge in [0.05, 0.1) is 12.0 Å². The molecule has 1 aliphatic rings. The first-order chi connectivity index (χ1) is 12.5. The van der Waals surface area contributed by atoms with Crippen molar-refractivity contribution < 1.29 is 14.0 Å². The van der Waals surface area contributed by atoms with Crippen LogP contribution >= 0.6 is 0 Å². The van der Waals surface area contributed by atoms with E-state index in [2.05, 4.69) is 4.98 Å². The predicted octanol–water partition coefficient (Wildman–Crippen LogP) is 1.35. The van der Waals surface area contributed by atoms with Gasteiger partial charge in [0, 0.05) is 38.4 Å². The zero-order valence-electron chi connectivity index (χ0n) is 14.5. The molecule has 2 heterocycles. The van der Waals surface area contributed by atoms with E-state index in [4.69, 9.17) is 0 Å². The summed E-state index contributed by atoms with van der Waals surface area (Å²) in [6, 6.07) is 7.63. The molecule has 0 aliphatic carbocycles. The van der Waals surface area contributed by atoms with Gasteiger partial charge in [0.15, 0.2) is 0 Å². The quantitative estimate of drug-likeness (QED) is 0.901. The van der Waals surface area contributed by atoms with Crippen molar-refractivity contribution in [3.05, 3.63) is 69.4 Å². The molecule has 7 heteroatoms. The summed E-state index contributed by atoms with van der Waals surface area (Å²) in [5.41, 5.74) is 1.20. The minimum Gasteiger partial charge on any atom is -0.339 e. The van der Waals surface area contributed by atoms with E-state index >= 15 is 0 Å². The molecule has 3 rings (SSSR count). The fraction of sp³-hybridized carbons (Fsp3) is 0.316. The summed E-state index contributed by atoms with van der Waals surface area (Å²) in [5.74, 6) is -0.703. The van der Waals surface area contributed by atoms with Crippen LogP contribution in [0.2, 0.25) is 0 Å². The van der Waals surface area contributed by atoms with Crippen molar-refractivity contribution in [3.8, 4) is 0 Å². The van der Waals surface area contributed by atoms with Gasteiger partial charge in [-0.15, -0.1) is 0 Å². The number of rotatable bonds is 3. The van der Waals surface area contributed by atoms with E-state index in [0.717, 1.165) is 0 Å². The van der Waals surface area contributed by atoms with Crippen LogP contribution in [0.1, 0.15) is 21.5 Å². The van der Waals surface area contributed by atoms with Crippen LogP contribution in [0.5, 0.6) is 0 Å². The first kappa shape index (κ1) is 17.8. The van der Waals surface area contributed by atoms with E-state index in [1.165, 1.54) is 18.3 Å². The zero-order chi connectivity index (χ0) is 18.7. The molecule has 26 heavy (non-hydrogen) atoms. The molecule has 6 nitrogen and oxygen atoms in total. The summed E-state index contributed by atoms with van der Waals surface area (Å²) < 4.78 is 13.7. The lowest BCUT2D eigenvalue weighted by Gasteiger charge is -2.35. The Morgan fingerprint density at radius 3 is 2.42 bits per heavy atom. The largest absolute Gasteiger partial charge is 0.339 e. The second kappa shape index (κ2) is 7.51. The van der Waals surface area contributed by atoms with Gasteiger partial charge in [-0.05, 0) is 24.1 Å². The van der Waals surface area contributed by atoms with E-state index in [9.17, 15) is 18.8 Å². The molecule has 1 fully saturated rings. The monoisotopic (exact) mass is 357 g/mol. The normalized spacial score (nSPS) is 14.4. The number of pyridine rings is 1. The number of aromatic nitrogens is 1. The third kappa shape index (κ3) is 3.82. The van der Waals surface area contributed by atoms with Crippen molar-refractivity contribution >= 4 is 11.8 Å². The van der Waals surface area contributed by atoms with Crippen LogP contribution in [0.25, 0.3) is 0 Å². The highest BCUT2D eigenvalue weighted by Gasteiger charge is 2.26. The van der Waals surface area contributed by atoms with Crippen LogP contribution in [-0.2, 0) is 11.2 Å². The molecule has 1 N–H and O–H groups in total. The first-order valence-electron chi connectivity index (χ1n) is 8.45. The summed E-state index contributed by atoms with van der Waals surface area (Å²) >= 11 is 0. The lowest BCUT2D eigenvalue weighted by molar-refractivity contribution is -0.132. The Balaban J connectivity index is 1.60. The highest BCUT2D eigenvalue weighted by atomic mass is 19.1. The van der Waals surface area contributed by atoms with Crippen LogP contribution < -0.4 is 5.56 Å². The molecule has 1 aromatic heterocycles. The smallest absolute Gasteiger partial charge is 0.255 e. The third-order valence-electron chi connectivity index (χ3n) is 4.58. The third-order valence-corrected chi connectivity index (χ3v) is 4.58. The Morgan fingerprint density at radius 2 is 1.77 bits per heavy atom. The molecular weight excluding hydrogens is 337 g/mol. The summed E-state index contributed by atoms with van der Waals surface area (Å²) in [6.45, 7) is 3.33. The van der Waals surface area contributed by atoms with E-state index in [0.29, 0.717) is 42.9 Å². The maximum Gasteiger partial charge on any atom is 0.255 e. The number of H-pyrrole nitrogens is 1. The highest BCUT2D eigenvalue weighted by molar-refractivity contribution is 5.95. The van der Waals surface area contributed by atoms with Crippen LogP contribution in [0.3, 0.4) is 0 Å². The number of amides is 2. The van der Waals surface area contributed by atoms with Crippen LogP contribution in [0, 0.1) is 12.7 Å². The van der Waals surface area contributed by atoms with Gasteiger partial charge in [-0.1, -0.05) is 18.2 Å². The van der Waals surface area contributed by atoms with Gasteiger partial charge in [0.1, 0.15) is 5.82 Å². The van der Waals surface area contributed by atoms with E-state index in [1.54, 1.807) is 34.9 Å². The molecular formula is C19H20FN3O3. The molecule has 2 amide bonds. The Hall–Kier alpha value is -2.96. The molecule has 0 unspecified atom stereocenters. The Kier molecular flexibility index (Phi) is 5.16. The highest BCUT2D eigenvalue weighted by Crippen LogP contribution is 2.13. The fourth-order valence-corrected chi connectivity index (χ4v) is 3.05. The molecule has 0 spiro atoms. The van der Waals surface area contributed by atoms with Crippen molar-refractivity contribution in [2.45, 2.75) is 13.3 Å². The van der Waals surface area contributed by atoms with Crippen molar-refractivity contribution in [1.29, 1.82) is 0 Å². The maximum atomic E-state index is 13.7. The van der Waals surface area contributed by atoms with Gasteiger partial charge in [-0.25, -0.2) is 4.39 Å². The number of benzene rings is 1. The number of halogens is 1. The molecule has 2 aromatic rings. The number of piperazine rings is 1. The molecule has 1 aliphatic heterocycles. The molecule has 1 saturated heterocycles. The first-order valence-corrected chi connectivity index (χ1v) is 8.45. The molecule has 0 radical (unpaired) electrons. The zero-order valence-corrected chi connectivity index (χ0v) is 14.5. The number of nitrogens with zero attached hydrogens (tertiary/aromatic N) is 2. The molecule has 1 aromatic carbocycles. The number of nitrogens with one attached hydrogen (secondary N) is 1. The second-order valence-electron chi connectivity index (χ2n) is 6.34. The van der Waals surface area contributed by atoms with Crippen LogP contribution in [-0.4, -0.2) is 52.8 Å². The van der Waals surface area contributed by atoms with Crippen molar-refractivity contribution in [2.75, 3.05) is 26.2 Å². The van der Waals surface area contributed by atoms with Crippen molar-refractivity contribution in [2.24, 2.45) is 0 Å². The van der Waals surface area contributed by atoms with E-state index in [-0.39, 0.29) is 29.6 Å². The summed E-state index contributed by atoms with van der Waals surface area (Å²) in [6.07, 6.45) is 1.44. The van der Waals surface area contributed by atoms with Gasteiger partial charge in [-0.3, -0.25) is 14.4 Å². The van der Waals surface area contributed by atoms with Crippen molar-refractivity contribution in [3.63, 3.8) is 0 Å². The summed E-state index contributed by atoms with van der Waals surface area (Å²) in [5, 5.41) is 0. The van der Waals surface area contributed by atoms with Crippen molar-refractivity contribution in [1.82, 2.24) is 14.8 Å². The number of hydrogen-bond acceptors (Lipinski definition) is 3. The lowest BCUT2D eigenvalue weighted by atomic mass is 10.1. The van der Waals surface area contributed by atoms with E-state index < -0.39 is 0 Å². The predicted molar refractivity (Wildman–Crippen MR) is 94.4 cm³/mol. The average Bonchev–Trinajstić information content (AvgIpc) is 2.63. The van der Waals surface area contributed by atoms with Gasteiger partial charge in [0.25, 0.3) is 5.91 Å². The number of hydrogen-bond donors (Lipinski definition) is 1. The minimum atomic E-state index is -0.386. The summed E-state index contributed by atoms with van der Waals surface area (Å²) in [4.78, 5) is 42.1. The number of aromatic amines is 1. The molecule has 0 atom stereocenters. The van der Waals surface area contributed by atoms with Gasteiger partial charge in [-0.2, -0.15) is 0 Å². The molecule has 136 valence electrons.